The first-order chi connectivity index (χ1) is 15.9. The molecular formula is C30H36O4. The van der Waals surface area contributed by atoms with Crippen LogP contribution < -0.4 is 14.2 Å². The van der Waals surface area contributed by atoms with E-state index in [0.717, 1.165) is 28.9 Å². The van der Waals surface area contributed by atoms with E-state index in [1.54, 1.807) is 26.4 Å². The van der Waals surface area contributed by atoms with Gasteiger partial charge in [0, 0.05) is 17.5 Å². The van der Waals surface area contributed by atoms with Crippen LogP contribution in [0.3, 0.4) is 0 Å². The van der Waals surface area contributed by atoms with Crippen molar-refractivity contribution in [2.24, 2.45) is 0 Å². The van der Waals surface area contributed by atoms with Crippen molar-refractivity contribution in [2.45, 2.75) is 58.8 Å². The molecule has 0 aliphatic rings. The first-order valence-electron chi connectivity index (χ1n) is 11.6. The molecule has 3 rings (SSSR count). The van der Waals surface area contributed by atoms with Crippen molar-refractivity contribution >= 4 is 5.97 Å². The Labute approximate surface area is 203 Å². The van der Waals surface area contributed by atoms with Gasteiger partial charge in [0.15, 0.2) is 0 Å². The number of esters is 1. The maximum Gasteiger partial charge on any atom is 0.343 e. The lowest BCUT2D eigenvalue weighted by Crippen LogP contribution is -2.22. The molecule has 0 fully saturated rings. The topological polar surface area (TPSA) is 44.8 Å². The van der Waals surface area contributed by atoms with Gasteiger partial charge in [0.25, 0.3) is 0 Å². The molecule has 0 aliphatic carbocycles. The van der Waals surface area contributed by atoms with Gasteiger partial charge < -0.3 is 14.2 Å². The number of methoxy groups -OCH3 is 2. The van der Waals surface area contributed by atoms with Gasteiger partial charge in [-0.15, -0.1) is 0 Å². The molecule has 0 atom stereocenters. The molecule has 4 nitrogen and oxygen atoms in total. The molecule has 4 heteroatoms. The van der Waals surface area contributed by atoms with Crippen LogP contribution in [0.25, 0.3) is 0 Å². The van der Waals surface area contributed by atoms with Crippen molar-refractivity contribution in [1.29, 1.82) is 0 Å². The summed E-state index contributed by atoms with van der Waals surface area (Å²) in [6.45, 7) is 12.6. The van der Waals surface area contributed by atoms with Crippen LogP contribution in [0.2, 0.25) is 0 Å². The van der Waals surface area contributed by atoms with E-state index in [2.05, 4.69) is 53.7 Å². The molecule has 180 valence electrons. The second-order valence-electron chi connectivity index (χ2n) is 10.6. The fourth-order valence-corrected chi connectivity index (χ4v) is 3.93. The van der Waals surface area contributed by atoms with E-state index in [4.69, 9.17) is 14.2 Å². The predicted octanol–water partition coefficient (Wildman–Crippen LogP) is 7.11. The highest BCUT2D eigenvalue weighted by Crippen LogP contribution is 2.43. The van der Waals surface area contributed by atoms with Crippen molar-refractivity contribution in [3.05, 3.63) is 88.5 Å². The summed E-state index contributed by atoms with van der Waals surface area (Å²) in [7, 11) is 3.28. The molecule has 0 amide bonds. The van der Waals surface area contributed by atoms with Crippen molar-refractivity contribution < 1.29 is 19.0 Å². The van der Waals surface area contributed by atoms with E-state index in [-0.39, 0.29) is 10.8 Å². The third-order valence-corrected chi connectivity index (χ3v) is 5.87. The van der Waals surface area contributed by atoms with Crippen LogP contribution in [-0.2, 0) is 17.3 Å². The summed E-state index contributed by atoms with van der Waals surface area (Å²) in [5.41, 5.74) is 4.00. The Morgan fingerprint density at radius 2 is 1.35 bits per heavy atom. The average Bonchev–Trinajstić information content (AvgIpc) is 2.78. The quantitative estimate of drug-likeness (QED) is 0.290. The smallest absolute Gasteiger partial charge is 0.343 e. The van der Waals surface area contributed by atoms with E-state index >= 15 is 0 Å². The zero-order valence-corrected chi connectivity index (χ0v) is 21.6. The Hall–Kier alpha value is -3.27. The summed E-state index contributed by atoms with van der Waals surface area (Å²) >= 11 is 0. The van der Waals surface area contributed by atoms with Crippen LogP contribution in [0.1, 0.15) is 74.2 Å². The lowest BCUT2D eigenvalue weighted by Gasteiger charge is -2.29. The highest BCUT2D eigenvalue weighted by molar-refractivity contribution is 5.92. The van der Waals surface area contributed by atoms with Gasteiger partial charge in [-0.25, -0.2) is 4.79 Å². The molecule has 0 unspecified atom stereocenters. The zero-order valence-electron chi connectivity index (χ0n) is 21.6. The maximum absolute atomic E-state index is 13.4. The first kappa shape index (κ1) is 25.4. The molecule has 0 heterocycles. The number of rotatable bonds is 6. The highest BCUT2D eigenvalue weighted by Gasteiger charge is 2.30. The number of carbonyl (C=O) groups is 1. The predicted molar refractivity (Wildman–Crippen MR) is 138 cm³/mol. The molecule has 0 saturated heterocycles. The summed E-state index contributed by atoms with van der Waals surface area (Å²) in [4.78, 5) is 13.4. The van der Waals surface area contributed by atoms with Gasteiger partial charge in [-0.3, -0.25) is 0 Å². The Morgan fingerprint density at radius 3 is 1.85 bits per heavy atom. The van der Waals surface area contributed by atoms with Crippen molar-refractivity contribution in [3.63, 3.8) is 0 Å². The van der Waals surface area contributed by atoms with Gasteiger partial charge in [-0.2, -0.15) is 0 Å². The van der Waals surface area contributed by atoms with Crippen molar-refractivity contribution in [3.8, 4) is 17.2 Å². The molecule has 3 aromatic rings. The van der Waals surface area contributed by atoms with Crippen LogP contribution in [0.15, 0.2) is 60.7 Å². The standard InChI is InChI=1S/C30H36O4/c1-29(2,3)24-18-23(32-7)19-25(30(4,5)6)27(24)34-28(31)22-15-14-21(26(17-22)33-8)16-20-12-10-9-11-13-20/h9-15,17-19H,16H2,1-8H3. The molecule has 0 aliphatic heterocycles. The zero-order chi connectivity index (χ0) is 25.1. The molecule has 0 bridgehead atoms. The first-order valence-corrected chi connectivity index (χ1v) is 11.6. The normalized spacial score (nSPS) is 11.8. The lowest BCUT2D eigenvalue weighted by molar-refractivity contribution is 0.0728. The number of ether oxygens (including phenoxy) is 3. The van der Waals surface area contributed by atoms with Gasteiger partial charge >= 0.3 is 5.97 Å². The van der Waals surface area contributed by atoms with Crippen LogP contribution in [0, 0.1) is 0 Å². The van der Waals surface area contributed by atoms with E-state index in [0.29, 0.717) is 17.1 Å². The van der Waals surface area contributed by atoms with Crippen LogP contribution in [-0.4, -0.2) is 20.2 Å². The summed E-state index contributed by atoms with van der Waals surface area (Å²) in [6, 6.07) is 19.6. The average molecular weight is 461 g/mol. The molecule has 0 N–H and O–H groups in total. The van der Waals surface area contributed by atoms with Crippen LogP contribution in [0.4, 0.5) is 0 Å². The second-order valence-corrected chi connectivity index (χ2v) is 10.6. The minimum atomic E-state index is -0.411. The minimum Gasteiger partial charge on any atom is -0.497 e. The van der Waals surface area contributed by atoms with Gasteiger partial charge in [0.2, 0.25) is 0 Å². The molecule has 0 radical (unpaired) electrons. The summed E-state index contributed by atoms with van der Waals surface area (Å²) in [5, 5.41) is 0. The van der Waals surface area contributed by atoms with E-state index < -0.39 is 5.97 Å². The summed E-state index contributed by atoms with van der Waals surface area (Å²) in [6.07, 6.45) is 0.722. The van der Waals surface area contributed by atoms with E-state index in [9.17, 15) is 4.79 Å². The highest BCUT2D eigenvalue weighted by atomic mass is 16.5. The monoisotopic (exact) mass is 460 g/mol. The van der Waals surface area contributed by atoms with Crippen molar-refractivity contribution in [2.75, 3.05) is 14.2 Å². The third-order valence-electron chi connectivity index (χ3n) is 5.87. The van der Waals surface area contributed by atoms with Gasteiger partial charge in [-0.1, -0.05) is 77.9 Å². The van der Waals surface area contributed by atoms with Gasteiger partial charge in [0.05, 0.1) is 19.8 Å². The van der Waals surface area contributed by atoms with E-state index in [1.807, 2.05) is 36.4 Å². The van der Waals surface area contributed by atoms with E-state index in [1.165, 1.54) is 5.56 Å². The minimum absolute atomic E-state index is 0.249. The molecule has 0 aromatic heterocycles. The largest absolute Gasteiger partial charge is 0.497 e. The molecular weight excluding hydrogens is 424 g/mol. The lowest BCUT2D eigenvalue weighted by atomic mass is 9.79. The molecule has 34 heavy (non-hydrogen) atoms. The number of carbonyl (C=O) groups excluding carboxylic acids is 1. The Balaban J connectivity index is 2.00. The summed E-state index contributed by atoms with van der Waals surface area (Å²) < 4.78 is 17.3. The fourth-order valence-electron chi connectivity index (χ4n) is 3.93. The molecule has 0 saturated carbocycles. The second kappa shape index (κ2) is 9.92. The Morgan fingerprint density at radius 1 is 0.765 bits per heavy atom. The van der Waals surface area contributed by atoms with Gasteiger partial charge in [0.1, 0.15) is 17.2 Å². The summed E-state index contributed by atoms with van der Waals surface area (Å²) in [5.74, 6) is 1.60. The molecule has 3 aromatic carbocycles. The van der Waals surface area contributed by atoms with Crippen LogP contribution in [0.5, 0.6) is 17.2 Å². The van der Waals surface area contributed by atoms with Gasteiger partial charge in [-0.05, 0) is 46.2 Å². The Bertz CT molecular complexity index is 1110. The van der Waals surface area contributed by atoms with Crippen molar-refractivity contribution in [1.82, 2.24) is 0 Å². The van der Waals surface area contributed by atoms with Crippen LogP contribution >= 0.6 is 0 Å². The SMILES string of the molecule is COc1cc(C(C)(C)C)c(OC(=O)c2ccc(Cc3ccccc3)c(OC)c2)c(C(C)(C)C)c1. The third kappa shape index (κ3) is 5.80. The number of hydrogen-bond donors (Lipinski definition) is 0. The number of benzene rings is 3. The fraction of sp³-hybridized carbons (Fsp3) is 0.367. The Kier molecular flexibility index (Phi) is 7.40. The number of hydrogen-bond acceptors (Lipinski definition) is 4. The molecule has 0 spiro atoms. The maximum atomic E-state index is 13.4.